The highest BCUT2D eigenvalue weighted by Crippen LogP contribution is 2.41. The summed E-state index contributed by atoms with van der Waals surface area (Å²) in [7, 11) is 0. The molecular weight excluding hydrogens is 228 g/mol. The summed E-state index contributed by atoms with van der Waals surface area (Å²) in [6.45, 7) is 8.83. The SMILES string of the molecule is C=CCN1CCC2(C1)CN(C(=O)C1CC(O)C1)C2. The maximum absolute atomic E-state index is 12.1. The molecule has 1 saturated carbocycles. The Hall–Kier alpha value is -0.870. The Balaban J connectivity index is 1.48. The topological polar surface area (TPSA) is 43.8 Å². The molecule has 1 amide bonds. The summed E-state index contributed by atoms with van der Waals surface area (Å²) in [6, 6.07) is 0. The van der Waals surface area contributed by atoms with Crippen molar-refractivity contribution in [1.82, 2.24) is 9.80 Å². The number of amides is 1. The lowest BCUT2D eigenvalue weighted by molar-refractivity contribution is -0.154. The van der Waals surface area contributed by atoms with Crippen LogP contribution in [0.4, 0.5) is 0 Å². The Morgan fingerprint density at radius 1 is 1.39 bits per heavy atom. The number of likely N-dealkylation sites (tertiary alicyclic amines) is 2. The van der Waals surface area contributed by atoms with Crippen LogP contribution >= 0.6 is 0 Å². The van der Waals surface area contributed by atoms with Gasteiger partial charge in [-0.25, -0.2) is 0 Å². The third-order valence-electron chi connectivity index (χ3n) is 4.73. The molecule has 0 aromatic carbocycles. The minimum Gasteiger partial charge on any atom is -0.393 e. The van der Waals surface area contributed by atoms with Crippen molar-refractivity contribution in [2.45, 2.75) is 25.4 Å². The summed E-state index contributed by atoms with van der Waals surface area (Å²) in [5.74, 6) is 0.371. The molecule has 0 unspecified atom stereocenters. The zero-order valence-electron chi connectivity index (χ0n) is 10.8. The molecular formula is C14H22N2O2. The van der Waals surface area contributed by atoms with E-state index < -0.39 is 0 Å². The average molecular weight is 250 g/mol. The van der Waals surface area contributed by atoms with Gasteiger partial charge in [0.05, 0.1) is 6.10 Å². The summed E-state index contributed by atoms with van der Waals surface area (Å²) in [4.78, 5) is 16.5. The monoisotopic (exact) mass is 250 g/mol. The number of hydrogen-bond donors (Lipinski definition) is 1. The first-order valence-electron chi connectivity index (χ1n) is 6.92. The van der Waals surface area contributed by atoms with Crippen LogP contribution in [0.25, 0.3) is 0 Å². The van der Waals surface area contributed by atoms with Crippen molar-refractivity contribution in [1.29, 1.82) is 0 Å². The first-order chi connectivity index (χ1) is 8.62. The van der Waals surface area contributed by atoms with E-state index in [0.29, 0.717) is 18.3 Å². The van der Waals surface area contributed by atoms with E-state index in [-0.39, 0.29) is 17.9 Å². The fourth-order valence-corrected chi connectivity index (χ4v) is 3.59. The van der Waals surface area contributed by atoms with E-state index in [0.717, 1.165) is 32.7 Å². The van der Waals surface area contributed by atoms with Gasteiger partial charge in [-0.3, -0.25) is 9.69 Å². The lowest BCUT2D eigenvalue weighted by Crippen LogP contribution is -2.61. The van der Waals surface area contributed by atoms with Gasteiger partial charge in [0.2, 0.25) is 5.91 Å². The van der Waals surface area contributed by atoms with Gasteiger partial charge in [-0.05, 0) is 25.8 Å². The van der Waals surface area contributed by atoms with Gasteiger partial charge in [-0.1, -0.05) is 6.08 Å². The summed E-state index contributed by atoms with van der Waals surface area (Å²) in [5.41, 5.74) is 0.362. The van der Waals surface area contributed by atoms with E-state index in [1.807, 2.05) is 11.0 Å². The van der Waals surface area contributed by atoms with Crippen molar-refractivity contribution in [3.05, 3.63) is 12.7 Å². The average Bonchev–Trinajstić information content (AvgIpc) is 2.67. The fourth-order valence-electron chi connectivity index (χ4n) is 3.59. The molecule has 100 valence electrons. The third-order valence-corrected chi connectivity index (χ3v) is 4.73. The van der Waals surface area contributed by atoms with Crippen LogP contribution in [-0.4, -0.2) is 59.6 Å². The molecule has 1 N–H and O–H groups in total. The molecule has 3 aliphatic rings. The summed E-state index contributed by atoms with van der Waals surface area (Å²) in [5, 5.41) is 9.25. The van der Waals surface area contributed by atoms with Gasteiger partial charge in [-0.2, -0.15) is 0 Å². The molecule has 0 atom stereocenters. The normalized spacial score (nSPS) is 34.2. The molecule has 4 heteroatoms. The predicted octanol–water partition coefficient (Wildman–Crippen LogP) is 0.478. The molecule has 18 heavy (non-hydrogen) atoms. The number of carbonyl (C=O) groups excluding carboxylic acids is 1. The highest BCUT2D eigenvalue weighted by atomic mass is 16.3. The molecule has 3 rings (SSSR count). The van der Waals surface area contributed by atoms with Crippen LogP contribution in [0.3, 0.4) is 0 Å². The van der Waals surface area contributed by atoms with Crippen LogP contribution in [0.5, 0.6) is 0 Å². The van der Waals surface area contributed by atoms with Crippen LogP contribution < -0.4 is 0 Å². The molecule has 1 aliphatic carbocycles. The summed E-state index contributed by atoms with van der Waals surface area (Å²) >= 11 is 0. The molecule has 0 radical (unpaired) electrons. The Morgan fingerprint density at radius 3 is 2.72 bits per heavy atom. The van der Waals surface area contributed by atoms with E-state index in [1.165, 1.54) is 6.42 Å². The quantitative estimate of drug-likeness (QED) is 0.741. The van der Waals surface area contributed by atoms with Crippen molar-refractivity contribution in [2.24, 2.45) is 11.3 Å². The number of rotatable bonds is 3. The van der Waals surface area contributed by atoms with Gasteiger partial charge >= 0.3 is 0 Å². The second kappa shape index (κ2) is 4.35. The zero-order valence-corrected chi connectivity index (χ0v) is 10.8. The number of aliphatic hydroxyl groups excluding tert-OH is 1. The molecule has 4 nitrogen and oxygen atoms in total. The van der Waals surface area contributed by atoms with Gasteiger partial charge in [0.15, 0.2) is 0 Å². The molecule has 3 fully saturated rings. The molecule has 2 saturated heterocycles. The lowest BCUT2D eigenvalue weighted by Gasteiger charge is -2.50. The first kappa shape index (κ1) is 12.2. The summed E-state index contributed by atoms with van der Waals surface area (Å²) < 4.78 is 0. The van der Waals surface area contributed by atoms with Crippen LogP contribution in [0.15, 0.2) is 12.7 Å². The van der Waals surface area contributed by atoms with Crippen LogP contribution in [0.1, 0.15) is 19.3 Å². The smallest absolute Gasteiger partial charge is 0.225 e. The number of nitrogens with zero attached hydrogens (tertiary/aromatic N) is 2. The van der Waals surface area contributed by atoms with E-state index in [2.05, 4.69) is 11.5 Å². The van der Waals surface area contributed by atoms with E-state index in [1.54, 1.807) is 0 Å². The van der Waals surface area contributed by atoms with Crippen molar-refractivity contribution in [2.75, 3.05) is 32.7 Å². The van der Waals surface area contributed by atoms with E-state index in [4.69, 9.17) is 0 Å². The maximum atomic E-state index is 12.1. The molecule has 2 heterocycles. The number of carbonyl (C=O) groups is 1. The van der Waals surface area contributed by atoms with Gasteiger partial charge in [0.1, 0.15) is 0 Å². The second-order valence-electron chi connectivity index (χ2n) is 6.29. The minimum atomic E-state index is -0.233. The number of aliphatic hydroxyl groups is 1. The highest BCUT2D eigenvalue weighted by molar-refractivity contribution is 5.80. The molecule has 0 bridgehead atoms. The molecule has 1 spiro atoms. The molecule has 0 aromatic rings. The molecule has 2 aliphatic heterocycles. The van der Waals surface area contributed by atoms with Gasteiger partial charge in [0, 0.05) is 37.5 Å². The largest absolute Gasteiger partial charge is 0.393 e. The standard InChI is InChI=1S/C14H22N2O2/c1-2-4-15-5-3-14(8-15)9-16(10-14)13(18)11-6-12(17)7-11/h2,11-12,17H,1,3-10H2. The number of hydrogen-bond acceptors (Lipinski definition) is 3. The Labute approximate surface area is 108 Å². The van der Waals surface area contributed by atoms with Gasteiger partial charge in [0.25, 0.3) is 0 Å². The highest BCUT2D eigenvalue weighted by Gasteiger charge is 2.50. The van der Waals surface area contributed by atoms with Crippen LogP contribution in [-0.2, 0) is 4.79 Å². The van der Waals surface area contributed by atoms with Crippen LogP contribution in [0, 0.1) is 11.3 Å². The Kier molecular flexibility index (Phi) is 2.94. The van der Waals surface area contributed by atoms with Crippen molar-refractivity contribution < 1.29 is 9.90 Å². The Bertz CT molecular complexity index is 357. The maximum Gasteiger partial charge on any atom is 0.225 e. The fraction of sp³-hybridized carbons (Fsp3) is 0.786. The minimum absolute atomic E-state index is 0.100. The zero-order chi connectivity index (χ0) is 12.8. The van der Waals surface area contributed by atoms with Gasteiger partial charge in [-0.15, -0.1) is 6.58 Å². The van der Waals surface area contributed by atoms with E-state index >= 15 is 0 Å². The first-order valence-corrected chi connectivity index (χ1v) is 6.92. The van der Waals surface area contributed by atoms with Gasteiger partial charge < -0.3 is 10.0 Å². The molecule has 0 aromatic heterocycles. The third kappa shape index (κ3) is 1.97. The second-order valence-corrected chi connectivity index (χ2v) is 6.29. The van der Waals surface area contributed by atoms with E-state index in [9.17, 15) is 9.90 Å². The predicted molar refractivity (Wildman–Crippen MR) is 69.0 cm³/mol. The van der Waals surface area contributed by atoms with Crippen molar-refractivity contribution >= 4 is 5.91 Å². The Morgan fingerprint density at radius 2 is 2.11 bits per heavy atom. The van der Waals surface area contributed by atoms with Crippen molar-refractivity contribution in [3.8, 4) is 0 Å². The summed E-state index contributed by atoms with van der Waals surface area (Å²) in [6.07, 6.45) is 4.27. The lowest BCUT2D eigenvalue weighted by atomic mass is 9.75. The van der Waals surface area contributed by atoms with Crippen LogP contribution in [0.2, 0.25) is 0 Å². The van der Waals surface area contributed by atoms with Crippen molar-refractivity contribution in [3.63, 3.8) is 0 Å².